The zero-order chi connectivity index (χ0) is 30.6. The van der Waals surface area contributed by atoms with E-state index in [1.165, 1.54) is 22.7 Å². The minimum absolute atomic E-state index is 0.200. The summed E-state index contributed by atoms with van der Waals surface area (Å²) < 4.78 is 14.3. The van der Waals surface area contributed by atoms with Gasteiger partial charge in [-0.2, -0.15) is 5.26 Å². The highest BCUT2D eigenvalue weighted by Gasteiger charge is 2.35. The van der Waals surface area contributed by atoms with Crippen LogP contribution in [-0.2, 0) is 16.1 Å². The van der Waals surface area contributed by atoms with E-state index in [0.717, 1.165) is 21.6 Å². The summed E-state index contributed by atoms with van der Waals surface area (Å²) in [5, 5.41) is 11.3. The first-order valence-corrected chi connectivity index (χ1v) is 16.2. The van der Waals surface area contributed by atoms with E-state index in [0.29, 0.717) is 36.4 Å². The molecule has 0 N–H and O–H groups in total. The number of ether oxygens (including phenoxy) is 2. The van der Waals surface area contributed by atoms with E-state index < -0.39 is 12.0 Å². The second-order valence-corrected chi connectivity index (χ2v) is 12.5. The molecule has 3 heterocycles. The molecule has 2 aromatic heterocycles. The summed E-state index contributed by atoms with van der Waals surface area (Å²) in [6.07, 6.45) is 1.81. The van der Waals surface area contributed by atoms with Crippen LogP contribution in [0.15, 0.2) is 110 Å². The summed E-state index contributed by atoms with van der Waals surface area (Å²) in [4.78, 5) is 33.7. The minimum atomic E-state index is -0.679. The maximum Gasteiger partial charge on any atom is 0.338 e. The van der Waals surface area contributed by atoms with Crippen LogP contribution in [0.5, 0.6) is 5.75 Å². The smallest absolute Gasteiger partial charge is 0.338 e. The standard InChI is InChI=1S/C34H24BrN3O4S2/c1-2-41-33(40)29-30(22-9-4-3-5-10-22)37-34-38(31(29)27-13-8-16-43-27)32(39)28(44-34)18-21-14-15-26(25(35)17-21)42-20-24-12-7-6-11-23(24)19-36/h3-18,31H,2,20H2,1H3/b28-18+/t31-/m1/s1. The molecule has 5 aromatic rings. The Morgan fingerprint density at radius 3 is 2.61 bits per heavy atom. The Morgan fingerprint density at radius 2 is 1.89 bits per heavy atom. The second kappa shape index (κ2) is 13.0. The van der Waals surface area contributed by atoms with E-state index in [1.54, 1.807) is 17.6 Å². The lowest BCUT2D eigenvalue weighted by molar-refractivity contribution is -0.138. The van der Waals surface area contributed by atoms with Crippen molar-refractivity contribution in [2.24, 2.45) is 4.99 Å². The van der Waals surface area contributed by atoms with Gasteiger partial charge in [-0.25, -0.2) is 9.79 Å². The lowest BCUT2D eigenvalue weighted by Crippen LogP contribution is -2.39. The third-order valence-electron chi connectivity index (χ3n) is 6.96. The Balaban J connectivity index is 1.42. The van der Waals surface area contributed by atoms with E-state index in [-0.39, 0.29) is 18.8 Å². The van der Waals surface area contributed by atoms with Gasteiger partial charge in [-0.1, -0.05) is 72.0 Å². The molecule has 1 atom stereocenters. The SMILES string of the molecule is CCOC(=O)C1=C(c2ccccc2)N=c2s/c(=C/c3ccc(OCc4ccccc4C#N)c(Br)c3)c(=O)n2[C@@H]1c1cccs1. The van der Waals surface area contributed by atoms with Crippen molar-refractivity contribution in [2.45, 2.75) is 19.6 Å². The monoisotopic (exact) mass is 681 g/mol. The molecule has 0 spiro atoms. The van der Waals surface area contributed by atoms with Crippen molar-refractivity contribution >= 4 is 56.3 Å². The lowest BCUT2D eigenvalue weighted by atomic mass is 9.97. The van der Waals surface area contributed by atoms with Gasteiger partial charge in [-0.15, -0.1) is 11.3 Å². The molecule has 0 fully saturated rings. The zero-order valence-corrected chi connectivity index (χ0v) is 26.6. The first-order valence-electron chi connectivity index (χ1n) is 13.7. The first kappa shape index (κ1) is 29.5. The summed E-state index contributed by atoms with van der Waals surface area (Å²) in [7, 11) is 0. The number of thiazole rings is 1. The average Bonchev–Trinajstić information content (AvgIpc) is 3.69. The fraction of sp³-hybridized carbons (Fsp3) is 0.118. The number of nitriles is 1. The summed E-state index contributed by atoms with van der Waals surface area (Å²) in [5.41, 5.74) is 3.51. The molecule has 10 heteroatoms. The number of thiophene rings is 1. The molecule has 1 aliphatic rings. The Morgan fingerprint density at radius 1 is 1.09 bits per heavy atom. The molecule has 0 saturated heterocycles. The molecule has 0 radical (unpaired) electrons. The molecular formula is C34H24BrN3O4S2. The van der Waals surface area contributed by atoms with E-state index in [9.17, 15) is 14.9 Å². The molecule has 0 aliphatic carbocycles. The van der Waals surface area contributed by atoms with Crippen LogP contribution in [0.3, 0.4) is 0 Å². The van der Waals surface area contributed by atoms with E-state index in [4.69, 9.17) is 14.5 Å². The van der Waals surface area contributed by atoms with Crippen molar-refractivity contribution in [3.8, 4) is 11.8 Å². The van der Waals surface area contributed by atoms with Crippen LogP contribution >= 0.6 is 38.6 Å². The van der Waals surface area contributed by atoms with Gasteiger partial charge in [-0.3, -0.25) is 9.36 Å². The van der Waals surface area contributed by atoms with Gasteiger partial charge in [0.1, 0.15) is 18.4 Å². The highest BCUT2D eigenvalue weighted by molar-refractivity contribution is 9.10. The molecule has 6 rings (SSSR count). The van der Waals surface area contributed by atoms with Gasteiger partial charge in [0.15, 0.2) is 4.80 Å². The van der Waals surface area contributed by atoms with Gasteiger partial charge >= 0.3 is 5.97 Å². The van der Waals surface area contributed by atoms with E-state index >= 15 is 0 Å². The number of nitrogens with zero attached hydrogens (tertiary/aromatic N) is 3. The normalized spacial score (nSPS) is 14.5. The largest absolute Gasteiger partial charge is 0.488 e. The van der Waals surface area contributed by atoms with Crippen LogP contribution in [0.2, 0.25) is 0 Å². The zero-order valence-electron chi connectivity index (χ0n) is 23.4. The Labute approximate surface area is 269 Å². The lowest BCUT2D eigenvalue weighted by Gasteiger charge is -2.24. The number of hydrogen-bond acceptors (Lipinski definition) is 8. The third-order valence-corrected chi connectivity index (χ3v) is 9.49. The Hall–Kier alpha value is -4.56. The molecule has 44 heavy (non-hydrogen) atoms. The highest BCUT2D eigenvalue weighted by Crippen LogP contribution is 2.37. The first-order chi connectivity index (χ1) is 21.5. The van der Waals surface area contributed by atoms with Gasteiger partial charge in [0, 0.05) is 16.0 Å². The molecule has 7 nitrogen and oxygen atoms in total. The van der Waals surface area contributed by atoms with Crippen molar-refractivity contribution in [1.82, 2.24) is 4.57 Å². The molecule has 0 bridgehead atoms. The molecule has 1 aliphatic heterocycles. The fourth-order valence-corrected chi connectivity index (χ4v) is 7.28. The number of hydrogen-bond donors (Lipinski definition) is 0. The van der Waals surface area contributed by atoms with Crippen molar-refractivity contribution in [3.05, 3.63) is 147 Å². The van der Waals surface area contributed by atoms with Crippen LogP contribution in [0.25, 0.3) is 11.8 Å². The highest BCUT2D eigenvalue weighted by atomic mass is 79.9. The van der Waals surface area contributed by atoms with Gasteiger partial charge in [0.2, 0.25) is 0 Å². The predicted molar refractivity (Wildman–Crippen MR) is 175 cm³/mol. The van der Waals surface area contributed by atoms with Gasteiger partial charge in [0.25, 0.3) is 5.56 Å². The van der Waals surface area contributed by atoms with Gasteiger partial charge < -0.3 is 9.47 Å². The minimum Gasteiger partial charge on any atom is -0.488 e. The average molecular weight is 683 g/mol. The molecule has 0 unspecified atom stereocenters. The van der Waals surface area contributed by atoms with Crippen LogP contribution < -0.4 is 19.6 Å². The quantitative estimate of drug-likeness (QED) is 0.182. The van der Waals surface area contributed by atoms with Gasteiger partial charge in [-0.05, 0) is 64.1 Å². The summed E-state index contributed by atoms with van der Waals surface area (Å²) in [6, 6.07) is 27.7. The van der Waals surface area contributed by atoms with Crippen LogP contribution in [0, 0.1) is 11.3 Å². The maximum absolute atomic E-state index is 14.0. The van der Waals surface area contributed by atoms with Crippen molar-refractivity contribution in [3.63, 3.8) is 0 Å². The topological polar surface area (TPSA) is 93.7 Å². The number of esters is 1. The summed E-state index contributed by atoms with van der Waals surface area (Å²) in [5.74, 6) is 0.111. The summed E-state index contributed by atoms with van der Waals surface area (Å²) in [6.45, 7) is 2.21. The second-order valence-electron chi connectivity index (χ2n) is 9.69. The van der Waals surface area contributed by atoms with Crippen molar-refractivity contribution in [2.75, 3.05) is 6.61 Å². The Bertz CT molecular complexity index is 2110. The number of rotatable bonds is 8. The third kappa shape index (κ3) is 5.82. The number of fused-ring (bicyclic) bond motifs is 1. The number of carbonyl (C=O) groups excluding carboxylic acids is 1. The van der Waals surface area contributed by atoms with Gasteiger partial charge in [0.05, 0.1) is 38.5 Å². The molecule has 0 amide bonds. The van der Waals surface area contributed by atoms with E-state index in [1.807, 2.05) is 90.3 Å². The molecule has 0 saturated carbocycles. The fourth-order valence-electron chi connectivity index (χ4n) is 4.94. The van der Waals surface area contributed by atoms with E-state index in [2.05, 4.69) is 22.0 Å². The number of halogens is 1. The van der Waals surface area contributed by atoms with Crippen molar-refractivity contribution < 1.29 is 14.3 Å². The van der Waals surface area contributed by atoms with Crippen LogP contribution in [0.4, 0.5) is 0 Å². The number of carbonyl (C=O) groups is 1. The van der Waals surface area contributed by atoms with Crippen LogP contribution in [-0.4, -0.2) is 17.1 Å². The predicted octanol–water partition coefficient (Wildman–Crippen LogP) is 6.21. The Kier molecular flexibility index (Phi) is 8.70. The molecule has 3 aromatic carbocycles. The number of aromatic nitrogens is 1. The molecule has 218 valence electrons. The van der Waals surface area contributed by atoms with Crippen LogP contribution in [0.1, 0.15) is 40.1 Å². The number of benzene rings is 3. The summed E-state index contributed by atoms with van der Waals surface area (Å²) >= 11 is 6.34. The maximum atomic E-state index is 14.0. The van der Waals surface area contributed by atoms with Crippen molar-refractivity contribution in [1.29, 1.82) is 5.26 Å². The molecular weight excluding hydrogens is 658 g/mol.